The molecule has 0 spiro atoms. The molecule has 0 aliphatic rings. The molecule has 2 rings (SSSR count). The maximum absolute atomic E-state index is 13.9. The van der Waals surface area contributed by atoms with E-state index in [4.69, 9.17) is 0 Å². The smallest absolute Gasteiger partial charge is 0.216 e. The van der Waals surface area contributed by atoms with Gasteiger partial charge in [-0.1, -0.05) is 0 Å². The first-order valence-electron chi connectivity index (χ1n) is 6.60. The Morgan fingerprint density at radius 3 is 2.50 bits per heavy atom. The SMILES string of the molecule is CCn1ccc(CNCc2c(C)nn(CC)c2F)n1.Cl. The molecule has 7 heteroatoms. The highest BCUT2D eigenvalue weighted by atomic mass is 35.5. The molecule has 2 aromatic heterocycles. The van der Waals surface area contributed by atoms with Crippen molar-refractivity contribution in [2.24, 2.45) is 0 Å². The molecular weight excluding hydrogens is 281 g/mol. The lowest BCUT2D eigenvalue weighted by atomic mass is 10.2. The lowest BCUT2D eigenvalue weighted by Gasteiger charge is -2.02. The molecule has 112 valence electrons. The van der Waals surface area contributed by atoms with Crippen molar-refractivity contribution in [3.63, 3.8) is 0 Å². The van der Waals surface area contributed by atoms with E-state index >= 15 is 0 Å². The lowest BCUT2D eigenvalue weighted by molar-refractivity contribution is 0.460. The summed E-state index contributed by atoms with van der Waals surface area (Å²) in [7, 11) is 0. The fourth-order valence-electron chi connectivity index (χ4n) is 1.99. The van der Waals surface area contributed by atoms with E-state index in [2.05, 4.69) is 15.5 Å². The number of hydrogen-bond donors (Lipinski definition) is 1. The molecule has 0 saturated carbocycles. The van der Waals surface area contributed by atoms with Crippen molar-refractivity contribution in [1.29, 1.82) is 0 Å². The second-order valence-corrected chi connectivity index (χ2v) is 4.44. The summed E-state index contributed by atoms with van der Waals surface area (Å²) in [6.07, 6.45) is 1.94. The van der Waals surface area contributed by atoms with Crippen molar-refractivity contribution in [3.05, 3.63) is 35.2 Å². The summed E-state index contributed by atoms with van der Waals surface area (Å²) in [5, 5.41) is 11.7. The van der Waals surface area contributed by atoms with Crippen LogP contribution in [0.5, 0.6) is 0 Å². The van der Waals surface area contributed by atoms with Gasteiger partial charge in [0.2, 0.25) is 5.95 Å². The molecule has 5 nitrogen and oxygen atoms in total. The summed E-state index contributed by atoms with van der Waals surface area (Å²) in [6, 6.07) is 1.97. The molecule has 0 unspecified atom stereocenters. The van der Waals surface area contributed by atoms with Crippen LogP contribution in [-0.4, -0.2) is 19.6 Å². The van der Waals surface area contributed by atoms with E-state index in [1.54, 1.807) is 0 Å². The number of halogens is 2. The second-order valence-electron chi connectivity index (χ2n) is 4.44. The van der Waals surface area contributed by atoms with Crippen LogP contribution in [0.4, 0.5) is 4.39 Å². The predicted molar refractivity (Wildman–Crippen MR) is 78.3 cm³/mol. The third kappa shape index (κ3) is 3.58. The Morgan fingerprint density at radius 1 is 1.20 bits per heavy atom. The van der Waals surface area contributed by atoms with E-state index in [9.17, 15) is 4.39 Å². The van der Waals surface area contributed by atoms with Gasteiger partial charge in [-0.25, -0.2) is 4.68 Å². The van der Waals surface area contributed by atoms with E-state index in [1.807, 2.05) is 37.7 Å². The van der Waals surface area contributed by atoms with Gasteiger partial charge in [0.1, 0.15) is 0 Å². The van der Waals surface area contributed by atoms with Gasteiger partial charge in [0.25, 0.3) is 0 Å². The largest absolute Gasteiger partial charge is 0.307 e. The standard InChI is InChI=1S/C13H20FN5.ClH/c1-4-18-7-6-11(17-18)8-15-9-12-10(3)16-19(5-2)13(12)14;/h6-7,15H,4-5,8-9H2,1-3H3;1H. The molecule has 20 heavy (non-hydrogen) atoms. The highest BCUT2D eigenvalue weighted by Crippen LogP contribution is 2.12. The van der Waals surface area contributed by atoms with Crippen molar-refractivity contribution < 1.29 is 4.39 Å². The van der Waals surface area contributed by atoms with Gasteiger partial charge in [-0.05, 0) is 26.8 Å². The monoisotopic (exact) mass is 301 g/mol. The Kier molecular flexibility index (Phi) is 6.16. The summed E-state index contributed by atoms with van der Waals surface area (Å²) in [6.45, 7) is 8.26. The number of aromatic nitrogens is 4. The van der Waals surface area contributed by atoms with Crippen LogP contribution in [0.15, 0.2) is 12.3 Å². The fraction of sp³-hybridized carbons (Fsp3) is 0.538. The first kappa shape index (κ1) is 16.7. The van der Waals surface area contributed by atoms with Crippen LogP contribution >= 0.6 is 12.4 Å². The highest BCUT2D eigenvalue weighted by Gasteiger charge is 2.13. The Labute approximate surface area is 124 Å². The average molecular weight is 302 g/mol. The first-order valence-corrected chi connectivity index (χ1v) is 6.60. The highest BCUT2D eigenvalue weighted by molar-refractivity contribution is 5.85. The van der Waals surface area contributed by atoms with E-state index in [0.717, 1.165) is 17.9 Å². The number of rotatable bonds is 6. The molecule has 0 atom stereocenters. The topological polar surface area (TPSA) is 47.7 Å². The van der Waals surface area contributed by atoms with Crippen molar-refractivity contribution in [2.45, 2.75) is 47.0 Å². The van der Waals surface area contributed by atoms with Crippen molar-refractivity contribution in [1.82, 2.24) is 24.9 Å². The first-order chi connectivity index (χ1) is 9.15. The third-order valence-corrected chi connectivity index (χ3v) is 3.11. The maximum atomic E-state index is 13.9. The molecule has 0 aliphatic heterocycles. The zero-order valence-electron chi connectivity index (χ0n) is 12.1. The Balaban J connectivity index is 0.00000200. The molecule has 0 aliphatic carbocycles. The molecule has 0 saturated heterocycles. The van der Waals surface area contributed by atoms with E-state index in [1.165, 1.54) is 4.68 Å². The van der Waals surface area contributed by atoms with Gasteiger partial charge in [-0.2, -0.15) is 14.6 Å². The predicted octanol–water partition coefficient (Wildman–Crippen LogP) is 2.28. The van der Waals surface area contributed by atoms with Gasteiger partial charge in [0.05, 0.1) is 11.4 Å². The summed E-state index contributed by atoms with van der Waals surface area (Å²) in [5.41, 5.74) is 2.34. The van der Waals surface area contributed by atoms with Crippen LogP contribution in [0.25, 0.3) is 0 Å². The molecular formula is C13H21ClFN5. The maximum Gasteiger partial charge on any atom is 0.216 e. The van der Waals surface area contributed by atoms with Crippen molar-refractivity contribution in [2.75, 3.05) is 0 Å². The van der Waals surface area contributed by atoms with Crippen LogP contribution in [0.3, 0.4) is 0 Å². The molecule has 2 heterocycles. The van der Waals surface area contributed by atoms with Crippen molar-refractivity contribution >= 4 is 12.4 Å². The molecule has 0 bridgehead atoms. The molecule has 0 amide bonds. The Hall–Kier alpha value is -1.40. The van der Waals surface area contributed by atoms with Crippen LogP contribution < -0.4 is 5.32 Å². The third-order valence-electron chi connectivity index (χ3n) is 3.11. The number of aryl methyl sites for hydroxylation is 3. The zero-order chi connectivity index (χ0) is 13.8. The minimum atomic E-state index is -0.244. The number of hydrogen-bond acceptors (Lipinski definition) is 3. The molecule has 2 aromatic rings. The van der Waals surface area contributed by atoms with Gasteiger partial charge >= 0.3 is 0 Å². The van der Waals surface area contributed by atoms with Gasteiger partial charge in [0, 0.05) is 37.9 Å². The van der Waals surface area contributed by atoms with E-state index < -0.39 is 0 Å². The van der Waals surface area contributed by atoms with Gasteiger partial charge < -0.3 is 5.32 Å². The summed E-state index contributed by atoms with van der Waals surface area (Å²) in [5.74, 6) is -0.244. The van der Waals surface area contributed by atoms with Crippen LogP contribution in [0.2, 0.25) is 0 Å². The average Bonchev–Trinajstić information content (AvgIpc) is 2.97. The van der Waals surface area contributed by atoms with E-state index in [0.29, 0.717) is 25.2 Å². The number of nitrogens with one attached hydrogen (secondary N) is 1. The van der Waals surface area contributed by atoms with Crippen LogP contribution in [0, 0.1) is 12.9 Å². The van der Waals surface area contributed by atoms with Crippen LogP contribution in [0.1, 0.15) is 30.8 Å². The number of nitrogens with zero attached hydrogens (tertiary/aromatic N) is 4. The summed E-state index contributed by atoms with van der Waals surface area (Å²) >= 11 is 0. The van der Waals surface area contributed by atoms with Gasteiger partial charge in [0.15, 0.2) is 0 Å². The van der Waals surface area contributed by atoms with Gasteiger partial charge in [-0.15, -0.1) is 12.4 Å². The summed E-state index contributed by atoms with van der Waals surface area (Å²) < 4.78 is 17.2. The molecule has 0 aromatic carbocycles. The minimum Gasteiger partial charge on any atom is -0.307 e. The minimum absolute atomic E-state index is 0. The molecule has 1 N–H and O–H groups in total. The Morgan fingerprint density at radius 2 is 1.95 bits per heavy atom. The van der Waals surface area contributed by atoms with E-state index in [-0.39, 0.29) is 18.4 Å². The van der Waals surface area contributed by atoms with Crippen LogP contribution in [-0.2, 0) is 26.2 Å². The second kappa shape index (κ2) is 7.40. The zero-order valence-corrected chi connectivity index (χ0v) is 12.9. The molecule has 0 radical (unpaired) electrons. The van der Waals surface area contributed by atoms with Crippen molar-refractivity contribution in [3.8, 4) is 0 Å². The normalized spacial score (nSPS) is 10.6. The fourth-order valence-corrected chi connectivity index (χ4v) is 1.99. The quantitative estimate of drug-likeness (QED) is 0.890. The molecule has 0 fully saturated rings. The lowest BCUT2D eigenvalue weighted by Crippen LogP contribution is -2.15. The Bertz CT molecular complexity index is 549. The summed E-state index contributed by atoms with van der Waals surface area (Å²) in [4.78, 5) is 0. The van der Waals surface area contributed by atoms with Gasteiger partial charge in [-0.3, -0.25) is 4.68 Å².